The molecule has 1 atom stereocenters. The lowest BCUT2D eigenvalue weighted by Crippen LogP contribution is -2.40. The lowest BCUT2D eigenvalue weighted by molar-refractivity contribution is -0.118. The minimum absolute atomic E-state index is 0.0502. The first-order valence-corrected chi connectivity index (χ1v) is 10.4. The average Bonchev–Trinajstić information content (AvgIpc) is 3.03. The molecule has 0 aliphatic heterocycles. The number of sulfonamides is 1. The smallest absolute Gasteiger partial charge is 0.265 e. The summed E-state index contributed by atoms with van der Waals surface area (Å²) in [5.41, 5.74) is 12.5. The second kappa shape index (κ2) is 8.57. The summed E-state index contributed by atoms with van der Waals surface area (Å²) < 4.78 is 28.8. The van der Waals surface area contributed by atoms with Crippen LogP contribution in [0, 0.1) is 0 Å². The van der Waals surface area contributed by atoms with Gasteiger partial charge in [0, 0.05) is 19.3 Å². The molecule has 0 unspecified atom stereocenters. The zero-order chi connectivity index (χ0) is 21.1. The van der Waals surface area contributed by atoms with Crippen molar-refractivity contribution < 1.29 is 18.0 Å². The highest BCUT2D eigenvalue weighted by Crippen LogP contribution is 2.28. The number of aromatic nitrogens is 1. The van der Waals surface area contributed by atoms with Crippen LogP contribution in [0.2, 0.25) is 0 Å². The van der Waals surface area contributed by atoms with E-state index in [1.54, 1.807) is 6.92 Å². The molecule has 4 N–H and O–H groups in total. The van der Waals surface area contributed by atoms with Crippen molar-refractivity contribution >= 4 is 21.8 Å². The van der Waals surface area contributed by atoms with E-state index in [0.717, 1.165) is 28.3 Å². The molecule has 1 heterocycles. The average molecular weight is 407 g/mol. The number of rotatable bonds is 9. The van der Waals surface area contributed by atoms with Crippen LogP contribution in [-0.4, -0.2) is 35.6 Å². The summed E-state index contributed by atoms with van der Waals surface area (Å²) in [6.07, 6.45) is 3.23. The summed E-state index contributed by atoms with van der Waals surface area (Å²) in [5, 5.41) is 0. The van der Waals surface area contributed by atoms with Crippen molar-refractivity contribution in [3.05, 3.63) is 53.3 Å². The van der Waals surface area contributed by atoms with Crippen LogP contribution in [0.1, 0.15) is 47.9 Å². The molecule has 9 heteroatoms. The number of carbonyl (C=O) groups is 2. The van der Waals surface area contributed by atoms with Crippen LogP contribution >= 0.6 is 0 Å². The Morgan fingerprint density at radius 2 is 1.79 bits per heavy atom. The summed E-state index contributed by atoms with van der Waals surface area (Å²) in [6.45, 7) is 3.28. The number of nitrogens with two attached hydrogens (primary N) is 2. The van der Waals surface area contributed by atoms with Crippen molar-refractivity contribution in [3.8, 4) is 0 Å². The molecule has 0 aliphatic carbocycles. The molecule has 2 rings (SSSR count). The van der Waals surface area contributed by atoms with Gasteiger partial charge in [-0.3, -0.25) is 9.59 Å². The number of hydrogen-bond donors (Lipinski definition) is 2. The van der Waals surface area contributed by atoms with Crippen LogP contribution in [0.5, 0.6) is 0 Å². The summed E-state index contributed by atoms with van der Waals surface area (Å²) >= 11 is 0. The number of aryl methyl sites for hydroxylation is 2. The minimum atomic E-state index is -4.10. The van der Waals surface area contributed by atoms with E-state index in [0.29, 0.717) is 0 Å². The van der Waals surface area contributed by atoms with E-state index in [1.807, 2.05) is 24.3 Å². The first kappa shape index (κ1) is 21.6. The van der Waals surface area contributed by atoms with Crippen molar-refractivity contribution in [2.45, 2.75) is 37.6 Å². The Hall–Kier alpha value is -2.65. The molecule has 8 nitrogen and oxygen atoms in total. The third kappa shape index (κ3) is 4.60. The van der Waals surface area contributed by atoms with Crippen LogP contribution in [0.4, 0.5) is 0 Å². The number of carbonyl (C=O) groups excluding carboxylic acids is 2. The van der Waals surface area contributed by atoms with Crippen LogP contribution in [-0.2, 0) is 28.3 Å². The lowest BCUT2D eigenvalue weighted by Gasteiger charge is -2.27. The number of amides is 2. The highest BCUT2D eigenvalue weighted by Gasteiger charge is 2.32. The van der Waals surface area contributed by atoms with E-state index in [1.165, 1.54) is 23.9 Å². The molecule has 0 radical (unpaired) electrons. The summed E-state index contributed by atoms with van der Waals surface area (Å²) in [5.74, 6) is -1.52. The Labute approximate surface area is 165 Å². The first-order chi connectivity index (χ1) is 13.1. The zero-order valence-corrected chi connectivity index (χ0v) is 17.1. The molecule has 1 aromatic heterocycles. The summed E-state index contributed by atoms with van der Waals surface area (Å²) in [6, 6.07) is 8.14. The molecule has 0 spiro atoms. The second-order valence-electron chi connectivity index (χ2n) is 6.72. The number of nitrogens with zero attached hydrogens (tertiary/aromatic N) is 2. The maximum Gasteiger partial charge on any atom is 0.265 e. The minimum Gasteiger partial charge on any atom is -0.369 e. The molecular weight excluding hydrogens is 380 g/mol. The molecule has 152 valence electrons. The quantitative estimate of drug-likeness (QED) is 0.650. The van der Waals surface area contributed by atoms with E-state index in [4.69, 9.17) is 11.5 Å². The van der Waals surface area contributed by atoms with Gasteiger partial charge >= 0.3 is 0 Å². The van der Waals surface area contributed by atoms with Gasteiger partial charge in [0.15, 0.2) is 0 Å². The van der Waals surface area contributed by atoms with Crippen molar-refractivity contribution in [3.63, 3.8) is 0 Å². The van der Waals surface area contributed by atoms with E-state index in [2.05, 4.69) is 6.92 Å². The Bertz CT molecular complexity index is 964. The molecule has 2 amide bonds. The fraction of sp³-hybridized carbons (Fsp3) is 0.368. The second-order valence-corrected chi connectivity index (χ2v) is 8.61. The van der Waals surface area contributed by atoms with Gasteiger partial charge in [0.2, 0.25) is 15.9 Å². The number of hydrogen-bond acceptors (Lipinski definition) is 4. The molecule has 0 fully saturated rings. The van der Waals surface area contributed by atoms with Crippen LogP contribution in [0.25, 0.3) is 0 Å². The Morgan fingerprint density at radius 3 is 2.25 bits per heavy atom. The SMILES string of the molecule is CCCc1ccc([C@H](C)N(CC(N)=O)S(=O)(=O)c2cc(C(N)=O)n(C)c2)cc1. The predicted molar refractivity (Wildman–Crippen MR) is 106 cm³/mol. The van der Waals surface area contributed by atoms with Crippen molar-refractivity contribution in [2.75, 3.05) is 6.54 Å². The normalized spacial score (nSPS) is 12.9. The highest BCUT2D eigenvalue weighted by molar-refractivity contribution is 7.89. The van der Waals surface area contributed by atoms with Gasteiger partial charge in [-0.1, -0.05) is 37.6 Å². The molecule has 0 aliphatic rings. The lowest BCUT2D eigenvalue weighted by atomic mass is 10.0. The molecule has 2 aromatic rings. The molecule has 0 bridgehead atoms. The number of benzene rings is 1. The van der Waals surface area contributed by atoms with Crippen LogP contribution < -0.4 is 11.5 Å². The van der Waals surface area contributed by atoms with Gasteiger partial charge in [0.05, 0.1) is 6.54 Å². The third-order valence-corrected chi connectivity index (χ3v) is 6.47. The molecule has 1 aromatic carbocycles. The Morgan fingerprint density at radius 1 is 1.18 bits per heavy atom. The topological polar surface area (TPSA) is 128 Å². The summed E-state index contributed by atoms with van der Waals surface area (Å²) in [4.78, 5) is 22.9. The van der Waals surface area contributed by atoms with Crippen molar-refractivity contribution in [1.29, 1.82) is 0 Å². The van der Waals surface area contributed by atoms with Gasteiger partial charge in [0.25, 0.3) is 5.91 Å². The van der Waals surface area contributed by atoms with Gasteiger partial charge in [-0.2, -0.15) is 4.31 Å². The largest absolute Gasteiger partial charge is 0.369 e. The van der Waals surface area contributed by atoms with E-state index in [9.17, 15) is 18.0 Å². The van der Waals surface area contributed by atoms with Crippen LogP contribution in [0.3, 0.4) is 0 Å². The van der Waals surface area contributed by atoms with Gasteiger partial charge < -0.3 is 16.0 Å². The molecule has 0 saturated carbocycles. The number of primary amides is 2. The van der Waals surface area contributed by atoms with Gasteiger partial charge in [-0.15, -0.1) is 0 Å². The molecule has 28 heavy (non-hydrogen) atoms. The fourth-order valence-corrected chi connectivity index (χ4v) is 4.71. The maximum absolute atomic E-state index is 13.2. The van der Waals surface area contributed by atoms with E-state index >= 15 is 0 Å². The fourth-order valence-electron chi connectivity index (χ4n) is 3.06. The third-order valence-electron chi connectivity index (χ3n) is 4.58. The van der Waals surface area contributed by atoms with Crippen molar-refractivity contribution in [2.24, 2.45) is 18.5 Å². The van der Waals surface area contributed by atoms with Gasteiger partial charge in [-0.25, -0.2) is 8.42 Å². The highest BCUT2D eigenvalue weighted by atomic mass is 32.2. The van der Waals surface area contributed by atoms with Gasteiger partial charge in [-0.05, 0) is 30.5 Å². The standard InChI is InChI=1S/C19H26N4O4S/c1-4-5-14-6-8-15(9-7-14)13(2)23(12-18(20)24)28(26,27)16-10-17(19(21)25)22(3)11-16/h6-11,13H,4-5,12H2,1-3H3,(H2,20,24)(H2,21,25)/t13-/m0/s1. The van der Waals surface area contributed by atoms with E-state index in [-0.39, 0.29) is 10.6 Å². The monoisotopic (exact) mass is 406 g/mol. The summed E-state index contributed by atoms with van der Waals surface area (Å²) in [7, 11) is -2.57. The first-order valence-electron chi connectivity index (χ1n) is 8.93. The Kier molecular flexibility index (Phi) is 6.63. The molecular formula is C19H26N4O4S. The molecule has 0 saturated heterocycles. The van der Waals surface area contributed by atoms with Crippen molar-refractivity contribution in [1.82, 2.24) is 8.87 Å². The predicted octanol–water partition coefficient (Wildman–Crippen LogP) is 1.31. The Balaban J connectivity index is 2.45. The van der Waals surface area contributed by atoms with Crippen LogP contribution in [0.15, 0.2) is 41.4 Å². The van der Waals surface area contributed by atoms with Gasteiger partial charge in [0.1, 0.15) is 10.6 Å². The maximum atomic E-state index is 13.2. The zero-order valence-electron chi connectivity index (χ0n) is 16.3. The van der Waals surface area contributed by atoms with E-state index < -0.39 is 34.4 Å².